The van der Waals surface area contributed by atoms with Gasteiger partial charge >= 0.3 is 0 Å². The highest BCUT2D eigenvalue weighted by Crippen LogP contribution is 2.32. The van der Waals surface area contributed by atoms with Crippen LogP contribution in [-0.4, -0.2) is 9.38 Å². The summed E-state index contributed by atoms with van der Waals surface area (Å²) in [7, 11) is 0. The fourth-order valence-electron chi connectivity index (χ4n) is 2.01. The van der Waals surface area contributed by atoms with E-state index < -0.39 is 11.6 Å². The number of imidazole rings is 1. The van der Waals surface area contributed by atoms with Crippen molar-refractivity contribution in [3.63, 3.8) is 0 Å². The number of aromatic nitrogens is 2. The number of halogens is 2. The highest BCUT2D eigenvalue weighted by molar-refractivity contribution is 7.17. The quantitative estimate of drug-likeness (QED) is 0.686. The Hall–Kier alpha value is -1.75. The molecule has 18 heavy (non-hydrogen) atoms. The first-order valence-corrected chi connectivity index (χ1v) is 6.42. The molecule has 0 aliphatic carbocycles. The zero-order valence-electron chi connectivity index (χ0n) is 9.65. The van der Waals surface area contributed by atoms with E-state index in [1.54, 1.807) is 23.6 Å². The minimum atomic E-state index is -0.825. The van der Waals surface area contributed by atoms with E-state index in [-0.39, 0.29) is 0 Å². The topological polar surface area (TPSA) is 17.3 Å². The smallest absolute Gasteiger partial charge is 0.194 e. The van der Waals surface area contributed by atoms with Gasteiger partial charge in [0.2, 0.25) is 0 Å². The second-order valence-electron chi connectivity index (χ2n) is 3.94. The maximum absolute atomic E-state index is 13.3. The summed E-state index contributed by atoms with van der Waals surface area (Å²) < 4.78 is 28.2. The Bertz CT molecular complexity index is 715. The third-order valence-electron chi connectivity index (χ3n) is 2.84. The van der Waals surface area contributed by atoms with Crippen LogP contribution in [0.2, 0.25) is 0 Å². The lowest BCUT2D eigenvalue weighted by atomic mass is 10.1. The van der Waals surface area contributed by atoms with Crippen molar-refractivity contribution in [2.24, 2.45) is 0 Å². The lowest BCUT2D eigenvalue weighted by Crippen LogP contribution is -1.91. The molecule has 0 saturated heterocycles. The second-order valence-corrected chi connectivity index (χ2v) is 5.00. The van der Waals surface area contributed by atoms with E-state index in [1.807, 2.05) is 17.5 Å². The zero-order valence-corrected chi connectivity index (χ0v) is 10.5. The molecular weight excluding hydrogens is 254 g/mol. The molecule has 0 amide bonds. The molecule has 0 spiro atoms. The van der Waals surface area contributed by atoms with E-state index in [2.05, 4.69) is 4.98 Å². The predicted molar refractivity (Wildman–Crippen MR) is 67.8 cm³/mol. The van der Waals surface area contributed by atoms with Crippen molar-refractivity contribution in [1.29, 1.82) is 0 Å². The minimum Gasteiger partial charge on any atom is -0.290 e. The van der Waals surface area contributed by atoms with Crippen LogP contribution in [0.5, 0.6) is 0 Å². The van der Waals surface area contributed by atoms with Gasteiger partial charge in [-0.3, -0.25) is 4.40 Å². The van der Waals surface area contributed by atoms with Crippen LogP contribution in [0.25, 0.3) is 16.2 Å². The molecule has 2 nitrogen and oxygen atoms in total. The number of hydrogen-bond donors (Lipinski definition) is 0. The molecule has 1 aromatic carbocycles. The van der Waals surface area contributed by atoms with Crippen LogP contribution in [0.1, 0.15) is 11.8 Å². The standard InChI is InChI=1S/C13H10F2N2S/c1-2-11-12(17-6-5-16-13(17)18-11)8-3-4-9(14)10(15)7-8/h3-7H,2H2,1H3. The van der Waals surface area contributed by atoms with Gasteiger partial charge in [-0.1, -0.05) is 6.92 Å². The molecule has 2 aromatic heterocycles. The Morgan fingerprint density at radius 1 is 1.28 bits per heavy atom. The van der Waals surface area contributed by atoms with Crippen LogP contribution in [0, 0.1) is 11.6 Å². The monoisotopic (exact) mass is 264 g/mol. The van der Waals surface area contributed by atoms with Crippen LogP contribution in [0.4, 0.5) is 8.78 Å². The summed E-state index contributed by atoms with van der Waals surface area (Å²) >= 11 is 1.57. The maximum Gasteiger partial charge on any atom is 0.194 e. The normalized spacial score (nSPS) is 11.3. The third-order valence-corrected chi connectivity index (χ3v) is 4.05. The number of aryl methyl sites for hydroxylation is 1. The minimum absolute atomic E-state index is 0.676. The van der Waals surface area contributed by atoms with Crippen LogP contribution in [0.3, 0.4) is 0 Å². The molecule has 0 radical (unpaired) electrons. The predicted octanol–water partition coefficient (Wildman–Crippen LogP) is 3.90. The van der Waals surface area contributed by atoms with Crippen molar-refractivity contribution in [1.82, 2.24) is 9.38 Å². The van der Waals surface area contributed by atoms with E-state index in [9.17, 15) is 8.78 Å². The van der Waals surface area contributed by atoms with Gasteiger partial charge in [-0.15, -0.1) is 11.3 Å². The van der Waals surface area contributed by atoms with E-state index in [1.165, 1.54) is 6.07 Å². The Kier molecular flexibility index (Phi) is 2.63. The molecule has 0 fully saturated rings. The number of hydrogen-bond acceptors (Lipinski definition) is 2. The highest BCUT2D eigenvalue weighted by Gasteiger charge is 2.14. The molecule has 0 atom stereocenters. The van der Waals surface area contributed by atoms with Gasteiger partial charge < -0.3 is 0 Å². The van der Waals surface area contributed by atoms with Gasteiger partial charge in [0.05, 0.1) is 5.69 Å². The van der Waals surface area contributed by atoms with Gasteiger partial charge in [-0.25, -0.2) is 13.8 Å². The van der Waals surface area contributed by atoms with Crippen molar-refractivity contribution >= 4 is 16.3 Å². The molecule has 3 aromatic rings. The summed E-state index contributed by atoms with van der Waals surface area (Å²) in [6.45, 7) is 2.04. The van der Waals surface area contributed by atoms with Crippen molar-refractivity contribution in [2.45, 2.75) is 13.3 Å². The Balaban J connectivity index is 2.28. The van der Waals surface area contributed by atoms with E-state index in [0.717, 1.165) is 28.0 Å². The fraction of sp³-hybridized carbons (Fsp3) is 0.154. The Labute approximate surface area is 107 Å². The average molecular weight is 264 g/mol. The van der Waals surface area contributed by atoms with Crippen LogP contribution in [0.15, 0.2) is 30.6 Å². The summed E-state index contributed by atoms with van der Waals surface area (Å²) in [5, 5.41) is 0. The van der Waals surface area contributed by atoms with Crippen LogP contribution in [-0.2, 0) is 6.42 Å². The van der Waals surface area contributed by atoms with E-state index in [0.29, 0.717) is 5.56 Å². The molecule has 0 aliphatic rings. The number of nitrogens with zero attached hydrogens (tertiary/aromatic N) is 2. The summed E-state index contributed by atoms with van der Waals surface area (Å²) in [6, 6.07) is 3.99. The molecule has 5 heteroatoms. The molecule has 0 unspecified atom stereocenters. The van der Waals surface area contributed by atoms with E-state index >= 15 is 0 Å². The van der Waals surface area contributed by atoms with E-state index in [4.69, 9.17) is 0 Å². The fourth-order valence-corrected chi connectivity index (χ4v) is 3.05. The van der Waals surface area contributed by atoms with Crippen molar-refractivity contribution < 1.29 is 8.78 Å². The molecule has 0 N–H and O–H groups in total. The molecule has 92 valence electrons. The van der Waals surface area contributed by atoms with Gasteiger partial charge in [0.1, 0.15) is 0 Å². The van der Waals surface area contributed by atoms with Gasteiger partial charge in [0.15, 0.2) is 16.6 Å². The first-order valence-electron chi connectivity index (χ1n) is 5.61. The number of rotatable bonds is 2. The maximum atomic E-state index is 13.3. The summed E-state index contributed by atoms with van der Waals surface area (Å²) in [5.41, 5.74) is 1.57. The number of thiazole rings is 1. The Morgan fingerprint density at radius 3 is 2.83 bits per heavy atom. The van der Waals surface area contributed by atoms with Crippen molar-refractivity contribution in [3.05, 3.63) is 47.1 Å². The highest BCUT2D eigenvalue weighted by atomic mass is 32.1. The molecular formula is C13H10F2N2S. The Morgan fingerprint density at radius 2 is 2.11 bits per heavy atom. The largest absolute Gasteiger partial charge is 0.290 e. The first-order chi connectivity index (χ1) is 8.70. The summed E-state index contributed by atoms with van der Waals surface area (Å²) in [6.07, 6.45) is 4.37. The van der Waals surface area contributed by atoms with Crippen LogP contribution < -0.4 is 0 Å². The molecule has 3 rings (SSSR count). The lowest BCUT2D eigenvalue weighted by Gasteiger charge is -2.04. The number of fused-ring (bicyclic) bond motifs is 1. The molecule has 0 aliphatic heterocycles. The van der Waals surface area contributed by atoms with Crippen molar-refractivity contribution in [2.75, 3.05) is 0 Å². The van der Waals surface area contributed by atoms with Gasteiger partial charge in [-0.2, -0.15) is 0 Å². The zero-order chi connectivity index (χ0) is 12.7. The summed E-state index contributed by atoms with van der Waals surface area (Å²) in [4.78, 5) is 6.21. The third kappa shape index (κ3) is 1.62. The number of benzene rings is 1. The average Bonchev–Trinajstić information content (AvgIpc) is 2.92. The van der Waals surface area contributed by atoms with Gasteiger partial charge in [0, 0.05) is 22.8 Å². The lowest BCUT2D eigenvalue weighted by molar-refractivity contribution is 0.509. The van der Waals surface area contributed by atoms with Gasteiger partial charge in [-0.05, 0) is 24.6 Å². The molecule has 0 bridgehead atoms. The second kappa shape index (κ2) is 4.17. The van der Waals surface area contributed by atoms with Crippen molar-refractivity contribution in [3.8, 4) is 11.3 Å². The summed E-state index contributed by atoms with van der Waals surface area (Å²) in [5.74, 6) is -1.65. The molecule has 0 saturated carbocycles. The molecule has 2 heterocycles. The SMILES string of the molecule is CCc1sc2nccn2c1-c1ccc(F)c(F)c1. The van der Waals surface area contributed by atoms with Crippen LogP contribution >= 0.6 is 11.3 Å². The van der Waals surface area contributed by atoms with Gasteiger partial charge in [0.25, 0.3) is 0 Å². The first kappa shape index (κ1) is 11.3.